The van der Waals surface area contributed by atoms with E-state index in [2.05, 4.69) is 15.3 Å². The smallest absolute Gasteiger partial charge is 0.267 e. The lowest BCUT2D eigenvalue weighted by Crippen LogP contribution is -2.41. The first-order chi connectivity index (χ1) is 18.5. The topological polar surface area (TPSA) is 107 Å². The van der Waals surface area contributed by atoms with E-state index in [0.29, 0.717) is 25.0 Å². The Morgan fingerprint density at radius 1 is 1.05 bits per heavy atom. The first kappa shape index (κ1) is 28.2. The predicted octanol–water partition coefficient (Wildman–Crippen LogP) is 5.97. The van der Waals surface area contributed by atoms with E-state index >= 15 is 13.2 Å². The first-order valence-electron chi connectivity index (χ1n) is 12.9. The van der Waals surface area contributed by atoms with Crippen LogP contribution in [0.15, 0.2) is 36.7 Å². The van der Waals surface area contributed by atoms with Crippen LogP contribution in [0.3, 0.4) is 0 Å². The Morgan fingerprint density at radius 2 is 1.79 bits per heavy atom. The van der Waals surface area contributed by atoms with Crippen molar-refractivity contribution in [2.75, 3.05) is 11.9 Å². The number of nitrogens with one attached hydrogen (secondary N) is 1. The number of anilines is 1. The minimum absolute atomic E-state index is 0.0561. The number of aromatic nitrogens is 2. The molecule has 3 N–H and O–H groups in total. The van der Waals surface area contributed by atoms with Gasteiger partial charge in [0.05, 0.1) is 16.9 Å². The number of hydrogen-bond donors (Lipinski definition) is 2. The van der Waals surface area contributed by atoms with E-state index in [9.17, 15) is 9.59 Å². The van der Waals surface area contributed by atoms with Crippen LogP contribution in [-0.2, 0) is 15.1 Å². The predicted molar refractivity (Wildman–Crippen MR) is 141 cm³/mol. The van der Waals surface area contributed by atoms with E-state index in [1.807, 2.05) is 13.8 Å². The van der Waals surface area contributed by atoms with E-state index < -0.39 is 52.0 Å². The molecule has 1 unspecified atom stereocenters. The molecule has 0 bridgehead atoms. The molecule has 3 heterocycles. The average Bonchev–Trinajstić information content (AvgIpc) is 2.91. The number of ether oxygens (including phenoxy) is 1. The van der Waals surface area contributed by atoms with E-state index in [4.69, 9.17) is 10.5 Å². The number of pyridine rings is 2. The standard InChI is InChI=1S/C29H31F3N4O3/c1-15(2)28(38)35-19-10-9-18(30)21(23(19)31)25-24(32)22(29(16(3)4)11-5-6-13-39-29)20(26(36-25)27(33)37)17-8-7-12-34-14-17/h7-10,12,14-16H,5-6,11,13H2,1-4H3,(H2,33,37)(H,35,38). The van der Waals surface area contributed by atoms with Gasteiger partial charge in [0.15, 0.2) is 11.6 Å². The molecular weight excluding hydrogens is 509 g/mol. The van der Waals surface area contributed by atoms with Crippen LogP contribution >= 0.6 is 0 Å². The minimum atomic E-state index is -1.24. The molecular formula is C29H31F3N4O3. The summed E-state index contributed by atoms with van der Waals surface area (Å²) in [5.74, 6) is -5.72. The van der Waals surface area contributed by atoms with Gasteiger partial charge in [-0.1, -0.05) is 33.8 Å². The fourth-order valence-electron chi connectivity index (χ4n) is 5.00. The zero-order chi connectivity index (χ0) is 28.5. The number of amides is 2. The molecule has 39 heavy (non-hydrogen) atoms. The molecule has 1 aliphatic rings. The third kappa shape index (κ3) is 5.13. The van der Waals surface area contributed by atoms with Crippen molar-refractivity contribution in [3.8, 4) is 22.4 Å². The molecule has 2 amide bonds. The van der Waals surface area contributed by atoms with E-state index in [1.54, 1.807) is 26.0 Å². The van der Waals surface area contributed by atoms with Crippen LogP contribution in [0.5, 0.6) is 0 Å². The van der Waals surface area contributed by atoms with Crippen molar-refractivity contribution in [1.29, 1.82) is 0 Å². The van der Waals surface area contributed by atoms with Crippen LogP contribution < -0.4 is 11.1 Å². The summed E-state index contributed by atoms with van der Waals surface area (Å²) in [6.07, 6.45) is 4.80. The number of halogens is 3. The molecule has 0 radical (unpaired) electrons. The normalized spacial score (nSPS) is 17.5. The molecule has 1 fully saturated rings. The molecule has 0 aliphatic carbocycles. The number of primary amides is 1. The molecule has 7 nitrogen and oxygen atoms in total. The molecule has 2 aromatic heterocycles. The monoisotopic (exact) mass is 540 g/mol. The summed E-state index contributed by atoms with van der Waals surface area (Å²) < 4.78 is 54.2. The first-order valence-corrected chi connectivity index (χ1v) is 12.9. The van der Waals surface area contributed by atoms with E-state index in [1.165, 1.54) is 12.4 Å². The Kier molecular flexibility index (Phi) is 8.06. The van der Waals surface area contributed by atoms with Crippen LogP contribution in [0, 0.1) is 29.3 Å². The molecule has 1 aromatic carbocycles. The number of carbonyl (C=O) groups is 2. The Bertz CT molecular complexity index is 1400. The SMILES string of the molecule is CC(C)C(=O)Nc1ccc(F)c(-c2nc(C(N)=O)c(-c3cccnc3)c(C3(C(C)C)CCCCO3)c2F)c1F. The summed E-state index contributed by atoms with van der Waals surface area (Å²) in [6, 6.07) is 5.19. The molecule has 206 valence electrons. The van der Waals surface area contributed by atoms with Crippen LogP contribution in [0.2, 0.25) is 0 Å². The summed E-state index contributed by atoms with van der Waals surface area (Å²) in [5, 5.41) is 2.39. The van der Waals surface area contributed by atoms with Crippen molar-refractivity contribution in [2.45, 2.75) is 52.6 Å². The number of carbonyl (C=O) groups excluding carboxylic acids is 2. The fourth-order valence-corrected chi connectivity index (χ4v) is 5.00. The second kappa shape index (κ2) is 11.1. The van der Waals surface area contributed by atoms with Gasteiger partial charge in [0.1, 0.15) is 17.2 Å². The van der Waals surface area contributed by atoms with Gasteiger partial charge in [0.2, 0.25) is 5.91 Å². The Hall–Kier alpha value is -3.79. The van der Waals surface area contributed by atoms with Crippen molar-refractivity contribution < 1.29 is 27.5 Å². The highest BCUT2D eigenvalue weighted by atomic mass is 19.1. The zero-order valence-corrected chi connectivity index (χ0v) is 22.3. The highest BCUT2D eigenvalue weighted by Crippen LogP contribution is 2.49. The highest BCUT2D eigenvalue weighted by Gasteiger charge is 2.45. The summed E-state index contributed by atoms with van der Waals surface area (Å²) in [6.45, 7) is 7.25. The third-order valence-corrected chi connectivity index (χ3v) is 7.09. The van der Waals surface area contributed by atoms with Gasteiger partial charge in [-0.15, -0.1) is 0 Å². The molecule has 3 aromatic rings. The molecule has 10 heteroatoms. The van der Waals surface area contributed by atoms with Crippen LogP contribution in [0.4, 0.5) is 18.9 Å². The van der Waals surface area contributed by atoms with Gasteiger partial charge in [-0.2, -0.15) is 0 Å². The van der Waals surface area contributed by atoms with Crippen molar-refractivity contribution in [2.24, 2.45) is 17.6 Å². The number of rotatable bonds is 7. The largest absolute Gasteiger partial charge is 0.370 e. The maximum Gasteiger partial charge on any atom is 0.267 e. The van der Waals surface area contributed by atoms with Gasteiger partial charge < -0.3 is 15.8 Å². The number of hydrogen-bond acceptors (Lipinski definition) is 5. The van der Waals surface area contributed by atoms with Gasteiger partial charge in [-0.25, -0.2) is 18.2 Å². The van der Waals surface area contributed by atoms with Gasteiger partial charge in [0, 0.05) is 41.6 Å². The van der Waals surface area contributed by atoms with Gasteiger partial charge in [-0.3, -0.25) is 14.6 Å². The quantitative estimate of drug-likeness (QED) is 0.384. The summed E-state index contributed by atoms with van der Waals surface area (Å²) in [5.41, 5.74) is 2.57. The van der Waals surface area contributed by atoms with Gasteiger partial charge >= 0.3 is 0 Å². The fraction of sp³-hybridized carbons (Fsp3) is 0.379. The molecule has 1 saturated heterocycles. The second-order valence-electron chi connectivity index (χ2n) is 10.3. The number of nitrogens with zero attached hydrogens (tertiary/aromatic N) is 2. The Balaban J connectivity index is 2.12. The van der Waals surface area contributed by atoms with Crippen molar-refractivity contribution in [3.05, 3.63) is 65.4 Å². The number of benzene rings is 1. The lowest BCUT2D eigenvalue weighted by Gasteiger charge is -2.43. The number of nitrogens with two attached hydrogens (primary N) is 1. The van der Waals surface area contributed by atoms with Gasteiger partial charge in [-0.05, 0) is 43.4 Å². The van der Waals surface area contributed by atoms with Crippen LogP contribution in [0.25, 0.3) is 22.4 Å². The van der Waals surface area contributed by atoms with Gasteiger partial charge in [0.25, 0.3) is 5.91 Å². The maximum absolute atomic E-state index is 16.9. The molecule has 1 aliphatic heterocycles. The minimum Gasteiger partial charge on any atom is -0.370 e. The lowest BCUT2D eigenvalue weighted by molar-refractivity contribution is -0.118. The second-order valence-corrected chi connectivity index (χ2v) is 10.3. The molecule has 0 spiro atoms. The van der Waals surface area contributed by atoms with Crippen LogP contribution in [-0.4, -0.2) is 28.4 Å². The molecule has 4 rings (SSSR count). The summed E-state index contributed by atoms with van der Waals surface area (Å²) in [4.78, 5) is 33.2. The maximum atomic E-state index is 16.9. The lowest BCUT2D eigenvalue weighted by atomic mass is 9.74. The summed E-state index contributed by atoms with van der Waals surface area (Å²) in [7, 11) is 0. The van der Waals surface area contributed by atoms with Crippen LogP contribution in [0.1, 0.15) is 63.0 Å². The van der Waals surface area contributed by atoms with Crippen molar-refractivity contribution >= 4 is 17.5 Å². The van der Waals surface area contributed by atoms with E-state index in [-0.39, 0.29) is 28.4 Å². The zero-order valence-electron chi connectivity index (χ0n) is 22.3. The summed E-state index contributed by atoms with van der Waals surface area (Å²) >= 11 is 0. The van der Waals surface area contributed by atoms with Crippen molar-refractivity contribution in [3.63, 3.8) is 0 Å². The third-order valence-electron chi connectivity index (χ3n) is 7.09. The van der Waals surface area contributed by atoms with Crippen molar-refractivity contribution in [1.82, 2.24) is 9.97 Å². The Labute approximate surface area is 225 Å². The highest BCUT2D eigenvalue weighted by molar-refractivity contribution is 6.00. The average molecular weight is 541 g/mol. The Morgan fingerprint density at radius 3 is 2.36 bits per heavy atom. The molecule has 1 atom stereocenters. The molecule has 0 saturated carbocycles. The van der Waals surface area contributed by atoms with E-state index in [0.717, 1.165) is 18.6 Å².